The molecular weight excluding hydrogens is 443 g/mol. The quantitative estimate of drug-likeness (QED) is 0.527. The lowest BCUT2D eigenvalue weighted by Crippen LogP contribution is -2.16. The van der Waals surface area contributed by atoms with Gasteiger partial charge in [-0.3, -0.25) is 4.79 Å². The van der Waals surface area contributed by atoms with Crippen LogP contribution >= 0.6 is 22.9 Å². The van der Waals surface area contributed by atoms with Crippen LogP contribution in [0.1, 0.15) is 40.3 Å². The zero-order valence-corrected chi connectivity index (χ0v) is 17.5. The minimum atomic E-state index is -4.56. The highest BCUT2D eigenvalue weighted by atomic mass is 35.5. The maximum absolute atomic E-state index is 13.0. The van der Waals surface area contributed by atoms with Crippen molar-refractivity contribution in [1.82, 2.24) is 9.38 Å². The molecule has 3 rings (SSSR count). The zero-order chi connectivity index (χ0) is 22.1. The van der Waals surface area contributed by atoms with Crippen LogP contribution in [0.25, 0.3) is 5.65 Å². The maximum atomic E-state index is 13.0. The number of hydrogen-bond donors (Lipinski definition) is 1. The number of alkyl halides is 3. The Hall–Kier alpha value is -2.59. The van der Waals surface area contributed by atoms with Crippen molar-refractivity contribution in [2.75, 3.05) is 11.9 Å². The second-order valence-corrected chi connectivity index (χ2v) is 7.84. The summed E-state index contributed by atoms with van der Waals surface area (Å²) in [7, 11) is 0. The van der Waals surface area contributed by atoms with Gasteiger partial charge >= 0.3 is 12.1 Å². The third kappa shape index (κ3) is 4.76. The smallest absolute Gasteiger partial charge is 0.417 e. The number of esters is 1. The van der Waals surface area contributed by atoms with Crippen LogP contribution in [0, 0.1) is 0 Å². The van der Waals surface area contributed by atoms with Gasteiger partial charge in [0.25, 0.3) is 0 Å². The Balaban J connectivity index is 1.81. The molecule has 0 aliphatic heterocycles. The van der Waals surface area contributed by atoms with Gasteiger partial charge in [0.1, 0.15) is 5.00 Å². The third-order valence-electron chi connectivity index (χ3n) is 4.11. The van der Waals surface area contributed by atoms with E-state index < -0.39 is 23.6 Å². The normalized spacial score (nSPS) is 11.7. The average Bonchev–Trinajstić information content (AvgIpc) is 3.24. The summed E-state index contributed by atoms with van der Waals surface area (Å²) >= 11 is 7.18. The van der Waals surface area contributed by atoms with Gasteiger partial charge in [-0.15, -0.1) is 11.3 Å². The number of hydrogen-bond acceptors (Lipinski definition) is 5. The van der Waals surface area contributed by atoms with Crippen LogP contribution in [-0.4, -0.2) is 27.9 Å². The molecule has 30 heavy (non-hydrogen) atoms. The molecule has 0 atom stereocenters. The topological polar surface area (TPSA) is 72.7 Å². The van der Waals surface area contributed by atoms with Crippen LogP contribution in [0.4, 0.5) is 18.2 Å². The van der Waals surface area contributed by atoms with E-state index in [0.29, 0.717) is 11.4 Å². The van der Waals surface area contributed by atoms with E-state index in [1.807, 2.05) is 6.92 Å². The number of aromatic nitrogens is 2. The summed E-state index contributed by atoms with van der Waals surface area (Å²) in [5, 5.41) is 2.85. The molecule has 0 radical (unpaired) electrons. The summed E-state index contributed by atoms with van der Waals surface area (Å²) < 4.78 is 45.0. The van der Waals surface area contributed by atoms with E-state index in [2.05, 4.69) is 10.3 Å². The Morgan fingerprint density at radius 3 is 2.63 bits per heavy atom. The summed E-state index contributed by atoms with van der Waals surface area (Å²) in [6.07, 6.45) is -1.91. The standard InChI is InChI=1S/C19H17ClF3N3O3S/c1-3-12-7-13(18(28)29-4-2)17(30-12)25-15(27)6-11-9-26-8-10(19(21,22)23)5-14(20)16(26)24-11/h5,7-9H,3-4,6H2,1-2H3,(H,25,27). The second-order valence-electron chi connectivity index (χ2n) is 6.29. The number of fused-ring (bicyclic) bond motifs is 1. The molecule has 1 N–H and O–H groups in total. The molecule has 0 bridgehead atoms. The highest BCUT2D eigenvalue weighted by molar-refractivity contribution is 7.16. The van der Waals surface area contributed by atoms with Crippen LogP contribution in [-0.2, 0) is 28.5 Å². The van der Waals surface area contributed by atoms with Gasteiger partial charge < -0.3 is 14.5 Å². The van der Waals surface area contributed by atoms with Gasteiger partial charge in [-0.05, 0) is 25.5 Å². The molecule has 3 heterocycles. The molecule has 0 aromatic carbocycles. The molecule has 0 spiro atoms. The molecule has 6 nitrogen and oxygen atoms in total. The molecule has 3 aromatic heterocycles. The van der Waals surface area contributed by atoms with Gasteiger partial charge in [0.15, 0.2) is 5.65 Å². The van der Waals surface area contributed by atoms with Gasteiger partial charge in [0.05, 0.1) is 34.9 Å². The average molecular weight is 460 g/mol. The number of anilines is 1. The van der Waals surface area contributed by atoms with E-state index in [0.717, 1.165) is 21.5 Å². The number of pyridine rings is 1. The predicted molar refractivity (Wildman–Crippen MR) is 107 cm³/mol. The van der Waals surface area contributed by atoms with Crippen molar-refractivity contribution >= 4 is 45.5 Å². The van der Waals surface area contributed by atoms with Gasteiger partial charge in [-0.2, -0.15) is 13.2 Å². The molecule has 0 aliphatic rings. The monoisotopic (exact) mass is 459 g/mol. The Morgan fingerprint density at radius 1 is 1.27 bits per heavy atom. The number of rotatable bonds is 6. The first-order valence-electron chi connectivity index (χ1n) is 8.96. The number of carbonyl (C=O) groups excluding carboxylic acids is 2. The number of nitrogens with one attached hydrogen (secondary N) is 1. The lowest BCUT2D eigenvalue weighted by Gasteiger charge is -2.07. The molecule has 0 saturated heterocycles. The van der Waals surface area contributed by atoms with Crippen molar-refractivity contribution in [2.24, 2.45) is 0 Å². The van der Waals surface area contributed by atoms with E-state index >= 15 is 0 Å². The minimum Gasteiger partial charge on any atom is -0.462 e. The largest absolute Gasteiger partial charge is 0.462 e. The Bertz CT molecular complexity index is 1110. The number of aryl methyl sites for hydroxylation is 1. The molecule has 3 aromatic rings. The Labute approximate surface area is 178 Å². The first-order valence-corrected chi connectivity index (χ1v) is 10.2. The fraction of sp³-hybridized carbons (Fsp3) is 0.316. The minimum absolute atomic E-state index is 0.115. The predicted octanol–water partition coefficient (Wildman–Crippen LogP) is 4.99. The number of ether oxygens (including phenoxy) is 1. The van der Waals surface area contributed by atoms with Crippen LogP contribution in [0.15, 0.2) is 24.5 Å². The van der Waals surface area contributed by atoms with Gasteiger partial charge in [-0.25, -0.2) is 9.78 Å². The molecule has 1 amide bonds. The van der Waals surface area contributed by atoms with Gasteiger partial charge in [0.2, 0.25) is 5.91 Å². The molecule has 0 saturated carbocycles. The van der Waals surface area contributed by atoms with Crippen molar-refractivity contribution in [1.29, 1.82) is 0 Å². The number of amides is 1. The fourth-order valence-corrected chi connectivity index (χ4v) is 4.01. The molecule has 0 unspecified atom stereocenters. The first-order chi connectivity index (χ1) is 14.1. The van der Waals surface area contributed by atoms with Crippen molar-refractivity contribution in [3.63, 3.8) is 0 Å². The van der Waals surface area contributed by atoms with Crippen LogP contribution in [0.5, 0.6) is 0 Å². The molecule has 160 valence electrons. The van der Waals surface area contributed by atoms with Crippen molar-refractivity contribution in [3.8, 4) is 0 Å². The SMILES string of the molecule is CCOC(=O)c1cc(CC)sc1NC(=O)Cc1cn2cc(C(F)(F)F)cc(Cl)c2n1. The van der Waals surface area contributed by atoms with E-state index in [1.165, 1.54) is 17.5 Å². The van der Waals surface area contributed by atoms with Crippen molar-refractivity contribution in [2.45, 2.75) is 32.9 Å². The lowest BCUT2D eigenvalue weighted by molar-refractivity contribution is -0.137. The lowest BCUT2D eigenvalue weighted by atomic mass is 10.2. The van der Waals surface area contributed by atoms with Crippen LogP contribution in [0.2, 0.25) is 5.02 Å². The van der Waals surface area contributed by atoms with Crippen LogP contribution in [0.3, 0.4) is 0 Å². The summed E-state index contributed by atoms with van der Waals surface area (Å²) in [5.41, 5.74) is -0.305. The van der Waals surface area contributed by atoms with E-state index in [9.17, 15) is 22.8 Å². The molecular formula is C19H17ClF3N3O3S. The Morgan fingerprint density at radius 2 is 2.00 bits per heavy atom. The Kier molecular flexibility index (Phi) is 6.37. The zero-order valence-electron chi connectivity index (χ0n) is 16.0. The van der Waals surface area contributed by atoms with Crippen LogP contribution < -0.4 is 5.32 Å². The van der Waals surface area contributed by atoms with E-state index in [-0.39, 0.29) is 35.0 Å². The summed E-state index contributed by atoms with van der Waals surface area (Å²) in [4.78, 5) is 29.6. The van der Waals surface area contributed by atoms with E-state index in [4.69, 9.17) is 16.3 Å². The number of thiophene rings is 1. The number of imidazole rings is 1. The summed E-state index contributed by atoms with van der Waals surface area (Å²) in [5.74, 6) is -1.01. The van der Waals surface area contributed by atoms with Gasteiger partial charge in [0, 0.05) is 17.3 Å². The maximum Gasteiger partial charge on any atom is 0.417 e. The summed E-state index contributed by atoms with van der Waals surface area (Å²) in [6, 6.07) is 2.46. The highest BCUT2D eigenvalue weighted by Gasteiger charge is 2.32. The molecule has 0 fully saturated rings. The highest BCUT2D eigenvalue weighted by Crippen LogP contribution is 2.32. The number of halogens is 4. The van der Waals surface area contributed by atoms with Crippen molar-refractivity contribution in [3.05, 3.63) is 51.2 Å². The molecule has 11 heteroatoms. The number of carbonyl (C=O) groups is 2. The third-order valence-corrected chi connectivity index (χ3v) is 5.58. The molecule has 0 aliphatic carbocycles. The first kappa shape index (κ1) is 22.1. The van der Waals surface area contributed by atoms with Gasteiger partial charge in [-0.1, -0.05) is 18.5 Å². The fourth-order valence-electron chi connectivity index (χ4n) is 2.75. The van der Waals surface area contributed by atoms with E-state index in [1.54, 1.807) is 13.0 Å². The van der Waals surface area contributed by atoms with Crippen molar-refractivity contribution < 1.29 is 27.5 Å². The second kappa shape index (κ2) is 8.65. The summed E-state index contributed by atoms with van der Waals surface area (Å²) in [6.45, 7) is 3.80. The number of nitrogens with zero attached hydrogens (tertiary/aromatic N) is 2.